The van der Waals surface area contributed by atoms with Crippen LogP contribution in [-0.4, -0.2) is 29.4 Å². The average Bonchev–Trinajstić information content (AvgIpc) is 2.69. The van der Waals surface area contributed by atoms with Crippen LogP contribution in [-0.2, 0) is 33.1 Å². The third-order valence-electron chi connectivity index (χ3n) is 1.73. The average molecular weight is 274 g/mol. The Morgan fingerprint density at radius 1 is 1.62 bits per heavy atom. The summed E-state index contributed by atoms with van der Waals surface area (Å²) in [6.07, 6.45) is 2.76. The molecule has 1 aromatic rings. The second-order valence-corrected chi connectivity index (χ2v) is 2.86. The van der Waals surface area contributed by atoms with Crippen molar-refractivity contribution in [2.45, 2.75) is 12.5 Å². The van der Waals surface area contributed by atoms with E-state index >= 15 is 0 Å². The van der Waals surface area contributed by atoms with E-state index in [0.29, 0.717) is 5.69 Å². The minimum atomic E-state index is -1.38. The molecule has 1 atom stereocenters. The number of amides is 1. The number of carbonyl (C=O) groups excluding carboxylic acids is 2. The maximum Gasteiger partial charge on any atom is 2.00 e. The number of nitrogens with two attached hydrogens (primary N) is 1. The van der Waals surface area contributed by atoms with Gasteiger partial charge in [-0.2, -0.15) is 0 Å². The van der Waals surface area contributed by atoms with E-state index in [4.69, 9.17) is 5.73 Å². The SMILES string of the molecule is NCC(=O)NC(Cc1c[n-]cn1)C(=O)[O-].[Cu+2]. The number of rotatable bonds is 5. The number of carboxylic acids is 1. The molecule has 1 aromatic heterocycles. The van der Waals surface area contributed by atoms with Gasteiger partial charge in [-0.3, -0.25) is 4.79 Å². The van der Waals surface area contributed by atoms with E-state index in [-0.39, 0.29) is 30.0 Å². The summed E-state index contributed by atoms with van der Waals surface area (Å²) in [6.45, 7) is -0.267. The number of carbonyl (C=O) groups is 2. The zero-order chi connectivity index (χ0) is 11.3. The molecule has 7 nitrogen and oxygen atoms in total. The maximum absolute atomic E-state index is 10.9. The van der Waals surface area contributed by atoms with Gasteiger partial charge in [0.15, 0.2) is 0 Å². The summed E-state index contributed by atoms with van der Waals surface area (Å²) < 4.78 is 0. The first kappa shape index (κ1) is 14.6. The van der Waals surface area contributed by atoms with E-state index in [9.17, 15) is 14.7 Å². The number of carboxylic acid groups (broad SMARTS) is 1. The van der Waals surface area contributed by atoms with Crippen LogP contribution in [0.2, 0.25) is 0 Å². The molecule has 91 valence electrons. The Hall–Kier alpha value is -1.37. The van der Waals surface area contributed by atoms with Crippen LogP contribution >= 0.6 is 0 Å². The minimum absolute atomic E-state index is 0. The number of hydrogen-bond donors (Lipinski definition) is 2. The number of imidazole rings is 1. The fraction of sp³-hybridized carbons (Fsp3) is 0.375. The fourth-order valence-corrected chi connectivity index (χ4v) is 1.02. The second kappa shape index (κ2) is 6.99. The van der Waals surface area contributed by atoms with Gasteiger partial charge in [0.1, 0.15) is 0 Å². The normalized spacial score (nSPS) is 11.3. The van der Waals surface area contributed by atoms with E-state index in [1.165, 1.54) is 12.5 Å². The van der Waals surface area contributed by atoms with Crippen molar-refractivity contribution in [3.63, 3.8) is 0 Å². The molecule has 8 heteroatoms. The van der Waals surface area contributed by atoms with E-state index in [1.807, 2.05) is 0 Å². The van der Waals surface area contributed by atoms with Crippen molar-refractivity contribution in [1.29, 1.82) is 0 Å². The summed E-state index contributed by atoms with van der Waals surface area (Å²) in [6, 6.07) is -1.13. The van der Waals surface area contributed by atoms with Crippen LogP contribution in [0.4, 0.5) is 0 Å². The molecule has 0 bridgehead atoms. The number of nitrogens with one attached hydrogen (secondary N) is 1. The maximum atomic E-state index is 10.9. The molecular formula is C8H10CuN4O3. The van der Waals surface area contributed by atoms with Gasteiger partial charge in [0.2, 0.25) is 5.91 Å². The quantitative estimate of drug-likeness (QED) is 0.544. The van der Waals surface area contributed by atoms with Crippen LogP contribution in [0.3, 0.4) is 0 Å². The molecule has 1 rings (SSSR count). The first-order chi connectivity index (χ1) is 7.13. The molecule has 1 heterocycles. The van der Waals surface area contributed by atoms with Crippen molar-refractivity contribution in [2.75, 3.05) is 6.54 Å². The Morgan fingerprint density at radius 3 is 2.75 bits per heavy atom. The second-order valence-electron chi connectivity index (χ2n) is 2.86. The van der Waals surface area contributed by atoms with Gasteiger partial charge in [-0.25, -0.2) is 0 Å². The van der Waals surface area contributed by atoms with Crippen molar-refractivity contribution < 1.29 is 31.8 Å². The smallest absolute Gasteiger partial charge is 0.548 e. The number of aromatic nitrogens is 2. The molecule has 0 saturated heterocycles. The van der Waals surface area contributed by atoms with Gasteiger partial charge >= 0.3 is 17.1 Å². The topological polar surface area (TPSA) is 122 Å². The van der Waals surface area contributed by atoms with Crippen LogP contribution in [0.1, 0.15) is 5.69 Å². The molecule has 0 aliphatic rings. The summed E-state index contributed by atoms with van der Waals surface area (Å²) >= 11 is 0. The monoisotopic (exact) mass is 273 g/mol. The van der Waals surface area contributed by atoms with Gasteiger partial charge in [0.25, 0.3) is 0 Å². The van der Waals surface area contributed by atoms with Gasteiger partial charge in [-0.1, -0.05) is 18.2 Å². The van der Waals surface area contributed by atoms with Crippen LogP contribution < -0.4 is 21.1 Å². The van der Waals surface area contributed by atoms with Gasteiger partial charge in [-0.15, -0.1) is 0 Å². The molecule has 0 fully saturated rings. The molecule has 1 unspecified atom stereocenters. The number of hydrogen-bond acceptors (Lipinski definition) is 5. The number of nitrogens with zero attached hydrogens (tertiary/aromatic N) is 2. The first-order valence-corrected chi connectivity index (χ1v) is 4.25. The van der Waals surface area contributed by atoms with Crippen LogP contribution in [0.15, 0.2) is 12.5 Å². The zero-order valence-corrected chi connectivity index (χ0v) is 9.09. The van der Waals surface area contributed by atoms with E-state index < -0.39 is 17.9 Å². The van der Waals surface area contributed by atoms with Crippen molar-refractivity contribution in [1.82, 2.24) is 15.3 Å². The zero-order valence-electron chi connectivity index (χ0n) is 8.14. The Morgan fingerprint density at radius 2 is 2.31 bits per heavy atom. The van der Waals surface area contributed by atoms with Gasteiger partial charge in [0, 0.05) is 0 Å². The predicted octanol–water partition coefficient (Wildman–Crippen LogP) is -3.23. The van der Waals surface area contributed by atoms with Gasteiger partial charge < -0.3 is 30.9 Å². The molecule has 1 amide bonds. The fourth-order valence-electron chi connectivity index (χ4n) is 1.02. The van der Waals surface area contributed by atoms with Gasteiger partial charge in [0.05, 0.1) is 18.6 Å². The largest absolute Gasteiger partial charge is 2.00 e. The van der Waals surface area contributed by atoms with Crippen molar-refractivity contribution in [3.05, 3.63) is 18.2 Å². The Balaban J connectivity index is 0.00000225. The van der Waals surface area contributed by atoms with Gasteiger partial charge in [-0.05, 0) is 6.42 Å². The predicted molar refractivity (Wildman–Crippen MR) is 47.3 cm³/mol. The molecule has 16 heavy (non-hydrogen) atoms. The molecule has 0 spiro atoms. The Bertz CT molecular complexity index is 341. The third kappa shape index (κ3) is 4.43. The van der Waals surface area contributed by atoms with Crippen LogP contribution in [0.5, 0.6) is 0 Å². The summed E-state index contributed by atoms with van der Waals surface area (Å²) in [5.74, 6) is -1.93. The molecular weight excluding hydrogens is 264 g/mol. The molecule has 0 aliphatic carbocycles. The van der Waals surface area contributed by atoms with Crippen molar-refractivity contribution in [3.8, 4) is 0 Å². The summed E-state index contributed by atoms with van der Waals surface area (Å²) in [5.41, 5.74) is 5.51. The van der Waals surface area contributed by atoms with Crippen LogP contribution in [0, 0.1) is 0 Å². The van der Waals surface area contributed by atoms with E-state index in [2.05, 4.69) is 15.3 Å². The summed E-state index contributed by atoms with van der Waals surface area (Å²) in [5, 5.41) is 12.9. The molecule has 0 saturated carbocycles. The van der Waals surface area contributed by atoms with Crippen LogP contribution in [0.25, 0.3) is 0 Å². The molecule has 1 radical (unpaired) electrons. The van der Waals surface area contributed by atoms with E-state index in [0.717, 1.165) is 0 Å². The Kier molecular flexibility index (Phi) is 6.40. The van der Waals surface area contributed by atoms with Crippen molar-refractivity contribution in [2.24, 2.45) is 5.73 Å². The van der Waals surface area contributed by atoms with E-state index in [1.54, 1.807) is 0 Å². The molecule has 0 aliphatic heterocycles. The third-order valence-corrected chi connectivity index (χ3v) is 1.73. The summed E-state index contributed by atoms with van der Waals surface area (Å²) in [4.78, 5) is 29.0. The number of aliphatic carboxylic acids is 1. The Labute approximate surface area is 102 Å². The standard InChI is InChI=1S/C8H12N4O3.Cu/c9-2-7(13)12-6(8(14)15)1-5-3-10-4-11-5;/h3-4,6H,1-2,9H2,(H3,10,11,12,13,14,15);/q;+2/p-2. The first-order valence-electron chi connectivity index (χ1n) is 4.25. The minimum Gasteiger partial charge on any atom is -0.548 e. The molecule has 0 aromatic carbocycles. The summed E-state index contributed by atoms with van der Waals surface area (Å²) in [7, 11) is 0. The molecule has 3 N–H and O–H groups in total. The van der Waals surface area contributed by atoms with Crippen molar-refractivity contribution >= 4 is 11.9 Å².